The molecule has 0 saturated heterocycles. The summed E-state index contributed by atoms with van der Waals surface area (Å²) >= 11 is 5.95. The molecule has 0 spiro atoms. The molecule has 36 heavy (non-hydrogen) atoms. The van der Waals surface area contributed by atoms with Crippen LogP contribution in [-0.4, -0.2) is 27.7 Å². The van der Waals surface area contributed by atoms with Crippen molar-refractivity contribution in [3.63, 3.8) is 0 Å². The van der Waals surface area contributed by atoms with Crippen LogP contribution in [0.4, 0.5) is 5.69 Å². The lowest BCUT2D eigenvalue weighted by molar-refractivity contribution is 0.0940. The van der Waals surface area contributed by atoms with E-state index in [1.54, 1.807) is 55.6 Å². The lowest BCUT2D eigenvalue weighted by atomic mass is 9.93. The van der Waals surface area contributed by atoms with Crippen molar-refractivity contribution in [2.45, 2.75) is 46.2 Å². The molecule has 3 aromatic carbocycles. The van der Waals surface area contributed by atoms with Gasteiger partial charge >= 0.3 is 0 Å². The Morgan fingerprint density at radius 1 is 1.00 bits per heavy atom. The van der Waals surface area contributed by atoms with E-state index in [4.69, 9.17) is 16.3 Å². The van der Waals surface area contributed by atoms with Crippen molar-refractivity contribution < 1.29 is 17.9 Å². The van der Waals surface area contributed by atoms with Gasteiger partial charge in [-0.3, -0.25) is 9.10 Å². The van der Waals surface area contributed by atoms with E-state index in [9.17, 15) is 13.2 Å². The van der Waals surface area contributed by atoms with Crippen LogP contribution in [-0.2, 0) is 16.6 Å². The molecule has 0 unspecified atom stereocenters. The van der Waals surface area contributed by atoms with Gasteiger partial charge in [-0.1, -0.05) is 37.6 Å². The van der Waals surface area contributed by atoms with Crippen LogP contribution in [0.2, 0.25) is 5.02 Å². The maximum atomic E-state index is 13.0. The van der Waals surface area contributed by atoms with Crippen molar-refractivity contribution >= 4 is 33.2 Å². The second kappa shape index (κ2) is 11.4. The quantitative estimate of drug-likeness (QED) is 0.357. The van der Waals surface area contributed by atoms with Gasteiger partial charge in [0.05, 0.1) is 31.6 Å². The van der Waals surface area contributed by atoms with Gasteiger partial charge in [-0.05, 0) is 90.6 Å². The Kier molecular flexibility index (Phi) is 8.69. The lowest BCUT2D eigenvalue weighted by Gasteiger charge is -2.23. The molecule has 3 aromatic rings. The number of nitrogens with one attached hydrogen (secondary N) is 1. The van der Waals surface area contributed by atoms with Gasteiger partial charge in [0.2, 0.25) is 10.0 Å². The molecular weight excluding hydrogens is 496 g/mol. The molecule has 8 heteroatoms. The monoisotopic (exact) mass is 528 g/mol. The number of ether oxygens (including phenoxy) is 1. The van der Waals surface area contributed by atoms with Crippen molar-refractivity contribution in [2.75, 3.05) is 17.7 Å². The van der Waals surface area contributed by atoms with Gasteiger partial charge < -0.3 is 10.1 Å². The number of carbonyl (C=O) groups excluding carboxylic acids is 1. The number of carbonyl (C=O) groups is 1. The number of amides is 1. The molecule has 1 amide bonds. The van der Waals surface area contributed by atoms with Crippen molar-refractivity contribution in [2.24, 2.45) is 0 Å². The van der Waals surface area contributed by atoms with E-state index in [2.05, 4.69) is 25.2 Å². The Hall–Kier alpha value is -3.03. The summed E-state index contributed by atoms with van der Waals surface area (Å²) < 4.78 is 31.8. The van der Waals surface area contributed by atoms with Crippen LogP contribution >= 0.6 is 11.6 Å². The minimum Gasteiger partial charge on any atom is -0.496 e. The second-order valence-electron chi connectivity index (χ2n) is 9.24. The molecule has 0 saturated carbocycles. The Morgan fingerprint density at radius 3 is 2.14 bits per heavy atom. The third-order valence-corrected chi connectivity index (χ3v) is 7.50. The van der Waals surface area contributed by atoms with Crippen LogP contribution in [0.3, 0.4) is 0 Å². The van der Waals surface area contributed by atoms with Gasteiger partial charge in [-0.2, -0.15) is 0 Å². The largest absolute Gasteiger partial charge is 0.496 e. The molecule has 1 N–H and O–H groups in total. The fraction of sp³-hybridized carbons (Fsp3) is 0.321. The van der Waals surface area contributed by atoms with Crippen LogP contribution < -0.4 is 14.4 Å². The average Bonchev–Trinajstić information content (AvgIpc) is 2.82. The SMILES string of the molecule is COc1cc(C)c([C@@H](C)NC(=O)c2ccc(N(Cc3ccc(Cl)cc3)S(C)(=O)=O)cc2)cc1C(C)C. The molecule has 3 rings (SSSR count). The fourth-order valence-electron chi connectivity index (χ4n) is 4.10. The number of halogens is 1. The summed E-state index contributed by atoms with van der Waals surface area (Å²) in [5.41, 5.74) is 4.87. The molecule has 0 fully saturated rings. The number of hydrogen-bond donors (Lipinski definition) is 1. The van der Waals surface area contributed by atoms with Crippen LogP contribution in [0.1, 0.15) is 65.3 Å². The zero-order chi connectivity index (χ0) is 26.6. The molecule has 0 aliphatic rings. The first-order chi connectivity index (χ1) is 16.9. The van der Waals surface area contributed by atoms with Gasteiger partial charge in [0.15, 0.2) is 0 Å². The summed E-state index contributed by atoms with van der Waals surface area (Å²) in [7, 11) is -1.88. The Bertz CT molecular complexity index is 1320. The zero-order valence-electron chi connectivity index (χ0n) is 21.5. The molecule has 1 atom stereocenters. The summed E-state index contributed by atoms with van der Waals surface area (Å²) in [6, 6.07) is 17.5. The topological polar surface area (TPSA) is 75.7 Å². The fourth-order valence-corrected chi connectivity index (χ4v) is 5.12. The highest BCUT2D eigenvalue weighted by molar-refractivity contribution is 7.92. The Labute approximate surface area is 219 Å². The number of sulfonamides is 1. The number of anilines is 1. The third-order valence-electron chi connectivity index (χ3n) is 6.11. The van der Waals surface area contributed by atoms with Crippen LogP contribution in [0.25, 0.3) is 0 Å². The maximum Gasteiger partial charge on any atom is 0.251 e. The van der Waals surface area contributed by atoms with Gasteiger partial charge in [-0.25, -0.2) is 8.42 Å². The number of methoxy groups -OCH3 is 1. The number of benzene rings is 3. The van der Waals surface area contributed by atoms with Crippen molar-refractivity contribution in [3.05, 3.63) is 93.5 Å². The number of rotatable bonds is 9. The first-order valence-electron chi connectivity index (χ1n) is 11.7. The summed E-state index contributed by atoms with van der Waals surface area (Å²) in [4.78, 5) is 13.0. The lowest BCUT2D eigenvalue weighted by Crippen LogP contribution is -2.30. The van der Waals surface area contributed by atoms with E-state index in [0.29, 0.717) is 16.3 Å². The molecule has 0 radical (unpaired) electrons. The van der Waals surface area contributed by atoms with Crippen molar-refractivity contribution in [3.8, 4) is 5.75 Å². The van der Waals surface area contributed by atoms with E-state index in [1.165, 1.54) is 4.31 Å². The van der Waals surface area contributed by atoms with Crippen LogP contribution in [0.15, 0.2) is 60.7 Å². The molecule has 6 nitrogen and oxygen atoms in total. The smallest absolute Gasteiger partial charge is 0.251 e. The Balaban J connectivity index is 1.79. The van der Waals surface area contributed by atoms with E-state index in [1.807, 2.05) is 19.9 Å². The Morgan fingerprint density at radius 2 is 1.61 bits per heavy atom. The summed E-state index contributed by atoms with van der Waals surface area (Å²) in [6.45, 7) is 8.32. The maximum absolute atomic E-state index is 13.0. The van der Waals surface area contributed by atoms with Gasteiger partial charge in [0.25, 0.3) is 5.91 Å². The van der Waals surface area contributed by atoms with Gasteiger partial charge in [0, 0.05) is 10.6 Å². The number of nitrogens with zero attached hydrogens (tertiary/aromatic N) is 1. The minimum atomic E-state index is -3.55. The number of aryl methyl sites for hydroxylation is 1. The van der Waals surface area contributed by atoms with E-state index < -0.39 is 10.0 Å². The third kappa shape index (κ3) is 6.59. The molecule has 0 aliphatic heterocycles. The summed E-state index contributed by atoms with van der Waals surface area (Å²) in [5, 5.41) is 3.64. The molecule has 0 aromatic heterocycles. The highest BCUT2D eigenvalue weighted by Crippen LogP contribution is 2.32. The van der Waals surface area contributed by atoms with E-state index >= 15 is 0 Å². The molecule has 0 bridgehead atoms. The summed E-state index contributed by atoms with van der Waals surface area (Å²) in [6.07, 6.45) is 1.16. The van der Waals surface area contributed by atoms with Gasteiger partial charge in [0.1, 0.15) is 5.75 Å². The highest BCUT2D eigenvalue weighted by atomic mass is 35.5. The average molecular weight is 529 g/mol. The standard InChI is InChI=1S/C28H33ClN2O4S/c1-18(2)25-16-26(19(3)15-27(25)35-5)20(4)30-28(32)22-9-13-24(14-10-22)31(36(6,33)34)17-21-7-11-23(29)12-8-21/h7-16,18,20H,17H2,1-6H3,(H,30,32)/t20-/m1/s1. The zero-order valence-corrected chi connectivity index (χ0v) is 23.1. The predicted molar refractivity (Wildman–Crippen MR) is 147 cm³/mol. The first kappa shape index (κ1) is 27.6. The first-order valence-corrected chi connectivity index (χ1v) is 13.9. The van der Waals surface area contributed by atoms with E-state index in [0.717, 1.165) is 34.3 Å². The normalized spacial score (nSPS) is 12.3. The highest BCUT2D eigenvalue weighted by Gasteiger charge is 2.20. The predicted octanol–water partition coefficient (Wildman–Crippen LogP) is 6.24. The minimum absolute atomic E-state index is 0.160. The van der Waals surface area contributed by atoms with Crippen LogP contribution in [0.5, 0.6) is 5.75 Å². The van der Waals surface area contributed by atoms with Crippen LogP contribution in [0, 0.1) is 6.92 Å². The molecular formula is C28H33ClN2O4S. The van der Waals surface area contributed by atoms with Crippen molar-refractivity contribution in [1.82, 2.24) is 5.32 Å². The molecule has 192 valence electrons. The summed E-state index contributed by atoms with van der Waals surface area (Å²) in [5.74, 6) is 0.883. The van der Waals surface area contributed by atoms with E-state index in [-0.39, 0.29) is 24.4 Å². The second-order valence-corrected chi connectivity index (χ2v) is 11.6. The number of hydrogen-bond acceptors (Lipinski definition) is 4. The molecule has 0 heterocycles. The van der Waals surface area contributed by atoms with Gasteiger partial charge in [-0.15, -0.1) is 0 Å². The molecule has 0 aliphatic carbocycles. The van der Waals surface area contributed by atoms with Crippen molar-refractivity contribution in [1.29, 1.82) is 0 Å².